The van der Waals surface area contributed by atoms with E-state index in [1.807, 2.05) is 61.3 Å². The summed E-state index contributed by atoms with van der Waals surface area (Å²) in [7, 11) is 1.67. The molecule has 27 heavy (non-hydrogen) atoms. The molecule has 4 nitrogen and oxygen atoms in total. The third-order valence-electron chi connectivity index (χ3n) is 4.55. The second-order valence-electron chi connectivity index (χ2n) is 7.31. The van der Waals surface area contributed by atoms with E-state index in [9.17, 15) is 4.79 Å². The molecule has 0 N–H and O–H groups in total. The molecular formula is C21H28Cl2N2O2. The summed E-state index contributed by atoms with van der Waals surface area (Å²) in [6.07, 6.45) is 2.80. The average molecular weight is 411 g/mol. The predicted octanol–water partition coefficient (Wildman–Crippen LogP) is 4.82. The summed E-state index contributed by atoms with van der Waals surface area (Å²) in [6.45, 7) is 6.21. The highest BCUT2D eigenvalue weighted by Crippen LogP contribution is 2.23. The number of benzene rings is 1. The first-order chi connectivity index (χ1) is 12.9. The Hall–Kier alpha value is -1.49. The van der Waals surface area contributed by atoms with Crippen LogP contribution in [0.1, 0.15) is 31.5 Å². The number of alkyl halides is 1. The summed E-state index contributed by atoms with van der Waals surface area (Å²) in [4.78, 5) is 14.9. The first kappa shape index (κ1) is 21.8. The Labute approximate surface area is 172 Å². The van der Waals surface area contributed by atoms with Crippen molar-refractivity contribution in [2.75, 3.05) is 26.1 Å². The van der Waals surface area contributed by atoms with Gasteiger partial charge in [0, 0.05) is 49.6 Å². The van der Waals surface area contributed by atoms with E-state index in [2.05, 4.69) is 4.57 Å². The minimum Gasteiger partial charge on any atom is -0.385 e. The van der Waals surface area contributed by atoms with Crippen molar-refractivity contribution in [2.45, 2.75) is 33.4 Å². The van der Waals surface area contributed by atoms with Crippen LogP contribution in [0, 0.1) is 5.41 Å². The minimum atomic E-state index is -0.602. The van der Waals surface area contributed by atoms with E-state index < -0.39 is 5.41 Å². The van der Waals surface area contributed by atoms with Gasteiger partial charge >= 0.3 is 0 Å². The fourth-order valence-corrected chi connectivity index (χ4v) is 3.20. The molecule has 6 heteroatoms. The normalized spacial score (nSPS) is 11.6. The number of aromatic nitrogens is 1. The molecule has 0 spiro atoms. The monoisotopic (exact) mass is 410 g/mol. The number of hydrogen-bond donors (Lipinski definition) is 0. The van der Waals surface area contributed by atoms with Crippen molar-refractivity contribution < 1.29 is 9.53 Å². The molecule has 1 aromatic heterocycles. The van der Waals surface area contributed by atoms with Crippen LogP contribution in [0.2, 0.25) is 5.02 Å². The lowest BCUT2D eigenvalue weighted by molar-refractivity contribution is -0.140. The van der Waals surface area contributed by atoms with Crippen LogP contribution in [0.4, 0.5) is 0 Å². The van der Waals surface area contributed by atoms with Crippen LogP contribution in [0.25, 0.3) is 0 Å². The van der Waals surface area contributed by atoms with E-state index in [1.165, 1.54) is 0 Å². The maximum Gasteiger partial charge on any atom is 0.229 e. The third-order valence-corrected chi connectivity index (χ3v) is 5.59. The molecule has 0 fully saturated rings. The molecule has 0 saturated carbocycles. The quantitative estimate of drug-likeness (QED) is 0.415. The largest absolute Gasteiger partial charge is 0.385 e. The van der Waals surface area contributed by atoms with Gasteiger partial charge in [-0.3, -0.25) is 4.79 Å². The van der Waals surface area contributed by atoms with Gasteiger partial charge in [-0.25, -0.2) is 0 Å². The second kappa shape index (κ2) is 10.2. The molecule has 1 aromatic carbocycles. The van der Waals surface area contributed by atoms with E-state index in [0.717, 1.165) is 22.7 Å². The molecule has 0 bridgehead atoms. The lowest BCUT2D eigenvalue weighted by Crippen LogP contribution is -2.42. The minimum absolute atomic E-state index is 0.0547. The average Bonchev–Trinajstić information content (AvgIpc) is 3.09. The first-order valence-electron chi connectivity index (χ1n) is 9.10. The van der Waals surface area contributed by atoms with Gasteiger partial charge in [0.25, 0.3) is 0 Å². The van der Waals surface area contributed by atoms with Crippen molar-refractivity contribution in [2.24, 2.45) is 5.41 Å². The Morgan fingerprint density at radius 3 is 2.63 bits per heavy atom. The van der Waals surface area contributed by atoms with Crippen LogP contribution in [0.5, 0.6) is 0 Å². The smallest absolute Gasteiger partial charge is 0.229 e. The zero-order valence-electron chi connectivity index (χ0n) is 16.3. The number of amides is 1. The molecule has 0 atom stereocenters. The van der Waals surface area contributed by atoms with Crippen molar-refractivity contribution in [3.05, 3.63) is 58.9 Å². The van der Waals surface area contributed by atoms with Gasteiger partial charge in [-0.15, -0.1) is 11.6 Å². The molecule has 0 unspecified atom stereocenters. The Balaban J connectivity index is 2.18. The maximum absolute atomic E-state index is 13.0. The van der Waals surface area contributed by atoms with Gasteiger partial charge < -0.3 is 14.2 Å². The number of halogens is 2. The van der Waals surface area contributed by atoms with Gasteiger partial charge in [-0.2, -0.15) is 0 Å². The molecule has 0 aliphatic heterocycles. The molecule has 148 valence electrons. The summed E-state index contributed by atoms with van der Waals surface area (Å²) in [5.41, 5.74) is 1.51. The zero-order valence-corrected chi connectivity index (χ0v) is 17.8. The molecule has 1 amide bonds. The van der Waals surface area contributed by atoms with Gasteiger partial charge in [-0.05, 0) is 44.0 Å². The number of methoxy groups -OCH3 is 1. The zero-order chi connectivity index (χ0) is 19.9. The van der Waals surface area contributed by atoms with Crippen LogP contribution < -0.4 is 0 Å². The van der Waals surface area contributed by atoms with Crippen LogP contribution in [0.3, 0.4) is 0 Å². The SMILES string of the molecule is COCCCN(Cc1cccn1Cc1ccccc1Cl)C(=O)C(C)(C)CCl. The van der Waals surface area contributed by atoms with Crippen molar-refractivity contribution in [3.63, 3.8) is 0 Å². The third kappa shape index (κ3) is 6.00. The van der Waals surface area contributed by atoms with Crippen LogP contribution in [-0.4, -0.2) is 41.5 Å². The Morgan fingerprint density at radius 1 is 1.22 bits per heavy atom. The molecule has 0 radical (unpaired) electrons. The highest BCUT2D eigenvalue weighted by molar-refractivity contribution is 6.31. The number of nitrogens with zero attached hydrogens (tertiary/aromatic N) is 2. The number of hydrogen-bond acceptors (Lipinski definition) is 2. The Bertz CT molecular complexity index is 743. The lowest BCUT2D eigenvalue weighted by atomic mass is 9.94. The molecular weight excluding hydrogens is 383 g/mol. The molecule has 2 aromatic rings. The summed E-state index contributed by atoms with van der Waals surface area (Å²) in [5.74, 6) is 0.340. The van der Waals surface area contributed by atoms with Crippen molar-refractivity contribution in [1.29, 1.82) is 0 Å². The van der Waals surface area contributed by atoms with Crippen LogP contribution in [0.15, 0.2) is 42.6 Å². The van der Waals surface area contributed by atoms with Crippen molar-refractivity contribution in [3.8, 4) is 0 Å². The summed E-state index contributed by atoms with van der Waals surface area (Å²) < 4.78 is 7.28. The topological polar surface area (TPSA) is 34.5 Å². The Morgan fingerprint density at radius 2 is 1.96 bits per heavy atom. The van der Waals surface area contributed by atoms with E-state index in [1.54, 1.807) is 7.11 Å². The second-order valence-corrected chi connectivity index (χ2v) is 7.98. The molecule has 0 saturated heterocycles. The standard InChI is InChI=1S/C21H28Cl2N2O2/c1-21(2,16-22)20(26)25(12-7-13-27-3)15-18-9-6-11-24(18)14-17-8-4-5-10-19(17)23/h4-6,8-11H,7,12-16H2,1-3H3. The summed E-state index contributed by atoms with van der Waals surface area (Å²) in [5, 5.41) is 0.744. The number of ether oxygens (including phenoxy) is 1. The van der Waals surface area contributed by atoms with Crippen LogP contribution in [-0.2, 0) is 22.6 Å². The van der Waals surface area contributed by atoms with E-state index >= 15 is 0 Å². The van der Waals surface area contributed by atoms with E-state index in [0.29, 0.717) is 26.2 Å². The van der Waals surface area contributed by atoms with Crippen molar-refractivity contribution >= 4 is 29.1 Å². The molecule has 0 aliphatic carbocycles. The number of rotatable bonds is 10. The lowest BCUT2D eigenvalue weighted by Gasteiger charge is -2.31. The van der Waals surface area contributed by atoms with Gasteiger partial charge in [0.05, 0.1) is 12.0 Å². The molecule has 2 rings (SSSR count). The Kier molecular flexibility index (Phi) is 8.21. The number of carbonyl (C=O) groups excluding carboxylic acids is 1. The fourth-order valence-electron chi connectivity index (χ4n) is 2.89. The fraction of sp³-hybridized carbons (Fsp3) is 0.476. The van der Waals surface area contributed by atoms with Crippen LogP contribution >= 0.6 is 23.2 Å². The van der Waals surface area contributed by atoms with Gasteiger partial charge in [0.15, 0.2) is 0 Å². The highest BCUT2D eigenvalue weighted by atomic mass is 35.5. The first-order valence-corrected chi connectivity index (χ1v) is 10.0. The molecule has 0 aliphatic rings. The predicted molar refractivity (Wildman–Crippen MR) is 111 cm³/mol. The van der Waals surface area contributed by atoms with Crippen molar-refractivity contribution in [1.82, 2.24) is 9.47 Å². The van der Waals surface area contributed by atoms with E-state index in [-0.39, 0.29) is 11.8 Å². The summed E-state index contributed by atoms with van der Waals surface area (Å²) >= 11 is 12.3. The van der Waals surface area contributed by atoms with Gasteiger partial charge in [0.2, 0.25) is 5.91 Å². The number of carbonyl (C=O) groups is 1. The maximum atomic E-state index is 13.0. The van der Waals surface area contributed by atoms with Gasteiger partial charge in [0.1, 0.15) is 0 Å². The van der Waals surface area contributed by atoms with E-state index in [4.69, 9.17) is 27.9 Å². The van der Waals surface area contributed by atoms with Gasteiger partial charge in [-0.1, -0.05) is 29.8 Å². The highest BCUT2D eigenvalue weighted by Gasteiger charge is 2.31. The molecule has 1 heterocycles. The summed E-state index contributed by atoms with van der Waals surface area (Å²) in [6, 6.07) is 11.9.